The Morgan fingerprint density at radius 1 is 1.19 bits per heavy atom. The molecule has 3 aromatic rings. The van der Waals surface area contributed by atoms with E-state index in [1.165, 1.54) is 12.7 Å². The van der Waals surface area contributed by atoms with Crippen molar-refractivity contribution in [1.29, 1.82) is 0 Å². The Hall–Kier alpha value is -2.81. The van der Waals surface area contributed by atoms with Crippen LogP contribution in [-0.4, -0.2) is 43.7 Å². The molecule has 8 nitrogen and oxygen atoms in total. The highest BCUT2D eigenvalue weighted by Gasteiger charge is 2.33. The van der Waals surface area contributed by atoms with E-state index in [0.29, 0.717) is 18.9 Å². The second-order valence-corrected chi connectivity index (χ2v) is 6.98. The largest absolute Gasteiger partial charge is 0.355 e. The number of halogens is 1. The number of amides is 1. The minimum atomic E-state index is -0.0660. The molecule has 0 bridgehead atoms. The molecule has 0 saturated carbocycles. The Kier molecular flexibility index (Phi) is 4.37. The van der Waals surface area contributed by atoms with E-state index in [9.17, 15) is 4.79 Å². The van der Waals surface area contributed by atoms with E-state index >= 15 is 0 Å². The lowest BCUT2D eigenvalue weighted by molar-refractivity contribution is -0.120. The summed E-state index contributed by atoms with van der Waals surface area (Å²) in [6, 6.07) is 7.61. The monoisotopic (exact) mass is 413 g/mol. The summed E-state index contributed by atoms with van der Waals surface area (Å²) >= 11 is 3.46. The first-order valence-corrected chi connectivity index (χ1v) is 8.88. The van der Waals surface area contributed by atoms with Crippen LogP contribution in [0.5, 0.6) is 0 Å². The predicted molar refractivity (Wildman–Crippen MR) is 100 cm³/mol. The second kappa shape index (κ2) is 6.83. The number of nitrogens with zero attached hydrogens (tertiary/aromatic N) is 6. The van der Waals surface area contributed by atoms with E-state index in [0.717, 1.165) is 21.5 Å². The number of aromatic nitrogens is 5. The molecule has 1 N–H and O–H groups in total. The van der Waals surface area contributed by atoms with Gasteiger partial charge in [0.25, 0.3) is 0 Å². The molecule has 0 radical (unpaired) electrons. The Morgan fingerprint density at radius 2 is 2.00 bits per heavy atom. The molecular formula is C17H16BrN7O. The fourth-order valence-electron chi connectivity index (χ4n) is 2.76. The van der Waals surface area contributed by atoms with Crippen molar-refractivity contribution in [2.45, 2.75) is 6.92 Å². The number of rotatable bonds is 4. The maximum atomic E-state index is 12.4. The van der Waals surface area contributed by atoms with Crippen molar-refractivity contribution in [3.8, 4) is 5.82 Å². The Balaban J connectivity index is 1.38. The molecule has 3 heterocycles. The molecule has 1 amide bonds. The van der Waals surface area contributed by atoms with Crippen molar-refractivity contribution in [2.75, 3.05) is 23.3 Å². The van der Waals surface area contributed by atoms with Crippen LogP contribution in [0.1, 0.15) is 5.56 Å². The molecule has 1 aliphatic heterocycles. The summed E-state index contributed by atoms with van der Waals surface area (Å²) in [6.45, 7) is 3.23. The normalized spacial score (nSPS) is 14.2. The van der Waals surface area contributed by atoms with Crippen LogP contribution in [-0.2, 0) is 4.79 Å². The fraction of sp³-hybridized carbons (Fsp3) is 0.235. The number of hydrogen-bond acceptors (Lipinski definition) is 6. The van der Waals surface area contributed by atoms with Crippen LogP contribution in [0.4, 0.5) is 11.5 Å². The van der Waals surface area contributed by atoms with Gasteiger partial charge in [0.2, 0.25) is 5.91 Å². The zero-order chi connectivity index (χ0) is 18.1. The van der Waals surface area contributed by atoms with Crippen molar-refractivity contribution < 1.29 is 4.79 Å². The van der Waals surface area contributed by atoms with Gasteiger partial charge in [-0.05, 0) is 30.7 Å². The van der Waals surface area contributed by atoms with E-state index in [4.69, 9.17) is 0 Å². The van der Waals surface area contributed by atoms with E-state index in [2.05, 4.69) is 41.3 Å². The summed E-state index contributed by atoms with van der Waals surface area (Å²) in [5.74, 6) is 1.37. The molecule has 1 fully saturated rings. The number of anilines is 2. The molecule has 1 aliphatic rings. The smallest absolute Gasteiger partial charge is 0.231 e. The highest BCUT2D eigenvalue weighted by molar-refractivity contribution is 9.10. The Bertz CT molecular complexity index is 938. The first-order valence-electron chi connectivity index (χ1n) is 8.09. The third kappa shape index (κ3) is 3.30. The summed E-state index contributed by atoms with van der Waals surface area (Å²) in [7, 11) is 0. The van der Waals surface area contributed by atoms with Gasteiger partial charge in [-0.2, -0.15) is 5.10 Å². The van der Waals surface area contributed by atoms with Gasteiger partial charge in [-0.3, -0.25) is 4.79 Å². The molecule has 9 heteroatoms. The van der Waals surface area contributed by atoms with Crippen LogP contribution in [0, 0.1) is 12.8 Å². The van der Waals surface area contributed by atoms with Crippen LogP contribution in [0.25, 0.3) is 5.82 Å². The number of carbonyl (C=O) groups excluding carboxylic acids is 1. The summed E-state index contributed by atoms with van der Waals surface area (Å²) < 4.78 is 2.60. The standard InChI is InChI=1S/C17H16BrN7O/c1-11-4-13(2-3-14(11)18)23-17(26)12-6-24(7-12)15-5-16(21-9-20-15)25-10-19-8-22-25/h2-5,8-10,12H,6-7H2,1H3,(H,23,26). The molecular weight excluding hydrogens is 398 g/mol. The van der Waals surface area contributed by atoms with Gasteiger partial charge in [0.1, 0.15) is 24.8 Å². The topological polar surface area (TPSA) is 88.8 Å². The minimum Gasteiger partial charge on any atom is -0.355 e. The average molecular weight is 414 g/mol. The highest BCUT2D eigenvalue weighted by atomic mass is 79.9. The average Bonchev–Trinajstić information content (AvgIpc) is 3.12. The van der Waals surface area contributed by atoms with Gasteiger partial charge in [0, 0.05) is 29.3 Å². The lowest BCUT2D eigenvalue weighted by atomic mass is 9.99. The summed E-state index contributed by atoms with van der Waals surface area (Å²) in [6.07, 6.45) is 4.53. The molecule has 26 heavy (non-hydrogen) atoms. The quantitative estimate of drug-likeness (QED) is 0.704. The maximum absolute atomic E-state index is 12.4. The van der Waals surface area contributed by atoms with Crippen LogP contribution in [0.3, 0.4) is 0 Å². The number of carbonyl (C=O) groups is 1. The molecule has 132 valence electrons. The second-order valence-electron chi connectivity index (χ2n) is 6.13. The van der Waals surface area contributed by atoms with Crippen LogP contribution < -0.4 is 10.2 Å². The molecule has 0 unspecified atom stereocenters. The van der Waals surface area contributed by atoms with Gasteiger partial charge >= 0.3 is 0 Å². The van der Waals surface area contributed by atoms with Gasteiger partial charge in [-0.1, -0.05) is 15.9 Å². The van der Waals surface area contributed by atoms with Crippen molar-refractivity contribution in [1.82, 2.24) is 24.7 Å². The molecule has 1 saturated heterocycles. The van der Waals surface area contributed by atoms with Gasteiger partial charge in [0.15, 0.2) is 5.82 Å². The zero-order valence-electron chi connectivity index (χ0n) is 14.0. The molecule has 2 aromatic heterocycles. The zero-order valence-corrected chi connectivity index (χ0v) is 15.6. The number of benzene rings is 1. The lowest BCUT2D eigenvalue weighted by Gasteiger charge is -2.39. The number of aryl methyl sites for hydroxylation is 1. The third-order valence-corrected chi connectivity index (χ3v) is 5.18. The van der Waals surface area contributed by atoms with E-state index in [-0.39, 0.29) is 11.8 Å². The molecule has 0 spiro atoms. The van der Waals surface area contributed by atoms with Gasteiger partial charge in [0.05, 0.1) is 5.92 Å². The molecule has 0 atom stereocenters. The molecule has 0 aliphatic carbocycles. The van der Waals surface area contributed by atoms with Crippen molar-refractivity contribution in [3.05, 3.63) is 53.3 Å². The molecule has 1 aromatic carbocycles. The third-order valence-electron chi connectivity index (χ3n) is 4.29. The van der Waals surface area contributed by atoms with Gasteiger partial charge < -0.3 is 10.2 Å². The Morgan fingerprint density at radius 3 is 2.73 bits per heavy atom. The SMILES string of the molecule is Cc1cc(NC(=O)C2CN(c3cc(-n4cncn4)ncn3)C2)ccc1Br. The van der Waals surface area contributed by atoms with Crippen LogP contribution in [0.15, 0.2) is 47.7 Å². The fourth-order valence-corrected chi connectivity index (χ4v) is 3.01. The van der Waals surface area contributed by atoms with E-state index in [1.54, 1.807) is 11.0 Å². The first kappa shape index (κ1) is 16.6. The van der Waals surface area contributed by atoms with Gasteiger partial charge in [-0.15, -0.1) is 0 Å². The van der Waals surface area contributed by atoms with E-state index < -0.39 is 0 Å². The van der Waals surface area contributed by atoms with Crippen molar-refractivity contribution in [3.63, 3.8) is 0 Å². The van der Waals surface area contributed by atoms with Crippen molar-refractivity contribution >= 4 is 33.3 Å². The maximum Gasteiger partial charge on any atom is 0.231 e. The lowest BCUT2D eigenvalue weighted by Crippen LogP contribution is -2.52. The first-order chi connectivity index (χ1) is 12.6. The molecule has 4 rings (SSSR count). The number of hydrogen-bond donors (Lipinski definition) is 1. The minimum absolute atomic E-state index is 0.0218. The number of nitrogens with one attached hydrogen (secondary N) is 1. The summed E-state index contributed by atoms with van der Waals surface area (Å²) in [4.78, 5) is 26.8. The highest BCUT2D eigenvalue weighted by Crippen LogP contribution is 2.25. The van der Waals surface area contributed by atoms with Crippen LogP contribution in [0.2, 0.25) is 0 Å². The van der Waals surface area contributed by atoms with Crippen LogP contribution >= 0.6 is 15.9 Å². The summed E-state index contributed by atoms with van der Waals surface area (Å²) in [5.41, 5.74) is 1.89. The summed E-state index contributed by atoms with van der Waals surface area (Å²) in [5, 5.41) is 7.04. The van der Waals surface area contributed by atoms with Crippen molar-refractivity contribution in [2.24, 2.45) is 5.92 Å². The Labute approximate surface area is 158 Å². The van der Waals surface area contributed by atoms with E-state index in [1.807, 2.05) is 36.1 Å². The van der Waals surface area contributed by atoms with Gasteiger partial charge in [-0.25, -0.2) is 19.6 Å². The predicted octanol–water partition coefficient (Wildman–Crippen LogP) is 2.20.